The fourth-order valence-electron chi connectivity index (χ4n) is 2.14. The van der Waals surface area contributed by atoms with Crippen LogP contribution in [0, 0.1) is 20.8 Å². The van der Waals surface area contributed by atoms with E-state index in [0.717, 1.165) is 22.9 Å². The molecule has 0 bridgehead atoms. The van der Waals surface area contributed by atoms with Gasteiger partial charge < -0.3 is 0 Å². The van der Waals surface area contributed by atoms with Crippen LogP contribution in [0.5, 0.6) is 0 Å². The zero-order valence-electron chi connectivity index (χ0n) is 10.4. The molecule has 0 N–H and O–H groups in total. The molecule has 0 aromatic heterocycles. The van der Waals surface area contributed by atoms with Crippen LogP contribution >= 0.6 is 0 Å². The van der Waals surface area contributed by atoms with Gasteiger partial charge in [-0.25, -0.2) is 0 Å². The summed E-state index contributed by atoms with van der Waals surface area (Å²) in [5.41, 5.74) is 4.25. The van der Waals surface area contributed by atoms with Crippen molar-refractivity contribution in [2.24, 2.45) is 0 Å². The van der Waals surface area contributed by atoms with Gasteiger partial charge in [0.1, 0.15) is 0 Å². The Labute approximate surface area is 97.6 Å². The van der Waals surface area contributed by atoms with E-state index in [4.69, 9.17) is 4.18 Å². The maximum Gasteiger partial charge on any atom is 0.264 e. The lowest BCUT2D eigenvalue weighted by molar-refractivity contribution is 0.235. The van der Waals surface area contributed by atoms with Crippen molar-refractivity contribution in [3.8, 4) is 0 Å². The Morgan fingerprint density at radius 3 is 1.94 bits per heavy atom. The lowest BCUT2D eigenvalue weighted by atomic mass is 9.96. The highest BCUT2D eigenvalue weighted by atomic mass is 32.2. The normalized spacial score (nSPS) is 13.8. The van der Waals surface area contributed by atoms with Crippen LogP contribution in [-0.4, -0.2) is 14.7 Å². The van der Waals surface area contributed by atoms with Crippen LogP contribution < -0.4 is 0 Å². The number of hydrogen-bond donors (Lipinski definition) is 0. The summed E-state index contributed by atoms with van der Waals surface area (Å²) in [6.45, 7) is 7.71. The summed E-state index contributed by atoms with van der Waals surface area (Å²) in [6, 6.07) is 4.06. The van der Waals surface area contributed by atoms with Crippen LogP contribution in [-0.2, 0) is 14.3 Å². The standard InChI is InChI=1S/C12H18O3S/c1-8-6-9(2)12(10(3)7-8)11(4)15-16(5,13)14/h6-7,11H,1-5H3. The van der Waals surface area contributed by atoms with E-state index in [-0.39, 0.29) is 0 Å². The second-order valence-electron chi connectivity index (χ2n) is 4.25. The Kier molecular flexibility index (Phi) is 3.76. The van der Waals surface area contributed by atoms with Crippen LogP contribution in [0.2, 0.25) is 0 Å². The van der Waals surface area contributed by atoms with Gasteiger partial charge in [0.2, 0.25) is 0 Å². The van der Waals surface area contributed by atoms with E-state index in [9.17, 15) is 8.42 Å². The van der Waals surface area contributed by atoms with Crippen LogP contribution in [0.25, 0.3) is 0 Å². The van der Waals surface area contributed by atoms with Crippen molar-refractivity contribution in [1.82, 2.24) is 0 Å². The third kappa shape index (κ3) is 3.32. The van der Waals surface area contributed by atoms with Crippen LogP contribution in [0.15, 0.2) is 12.1 Å². The van der Waals surface area contributed by atoms with E-state index >= 15 is 0 Å². The SMILES string of the molecule is Cc1cc(C)c(C(C)OS(C)(=O)=O)c(C)c1. The number of aryl methyl sites for hydroxylation is 3. The number of rotatable bonds is 3. The van der Waals surface area contributed by atoms with Crippen molar-refractivity contribution in [3.05, 3.63) is 34.4 Å². The topological polar surface area (TPSA) is 43.4 Å². The van der Waals surface area contributed by atoms with Gasteiger partial charge in [-0.05, 0) is 44.4 Å². The molecule has 0 fully saturated rings. The summed E-state index contributed by atoms with van der Waals surface area (Å²) in [7, 11) is -3.42. The molecule has 0 radical (unpaired) electrons. The predicted molar refractivity (Wildman–Crippen MR) is 65.0 cm³/mol. The van der Waals surface area contributed by atoms with E-state index in [1.807, 2.05) is 32.9 Å². The van der Waals surface area contributed by atoms with Gasteiger partial charge in [-0.15, -0.1) is 0 Å². The lowest BCUT2D eigenvalue weighted by Gasteiger charge is -2.17. The zero-order chi connectivity index (χ0) is 12.5. The molecule has 0 heterocycles. The molecular formula is C12H18O3S. The largest absolute Gasteiger partial charge is 0.264 e. The third-order valence-corrected chi connectivity index (χ3v) is 3.10. The molecule has 1 aromatic rings. The Bertz CT molecular complexity index is 466. The van der Waals surface area contributed by atoms with E-state index in [1.165, 1.54) is 5.56 Å². The van der Waals surface area contributed by atoms with Crippen LogP contribution in [0.3, 0.4) is 0 Å². The van der Waals surface area contributed by atoms with Crippen molar-refractivity contribution in [3.63, 3.8) is 0 Å². The molecule has 1 rings (SSSR count). The minimum atomic E-state index is -3.42. The summed E-state index contributed by atoms with van der Waals surface area (Å²) in [5, 5.41) is 0. The van der Waals surface area contributed by atoms with Gasteiger partial charge in [-0.2, -0.15) is 8.42 Å². The van der Waals surface area contributed by atoms with E-state index in [1.54, 1.807) is 6.92 Å². The van der Waals surface area contributed by atoms with Crippen LogP contribution in [0.4, 0.5) is 0 Å². The molecule has 16 heavy (non-hydrogen) atoms. The van der Waals surface area contributed by atoms with Crippen molar-refractivity contribution >= 4 is 10.1 Å². The quantitative estimate of drug-likeness (QED) is 0.765. The first-order chi connectivity index (χ1) is 7.20. The van der Waals surface area contributed by atoms with E-state index in [0.29, 0.717) is 0 Å². The molecule has 0 spiro atoms. The predicted octanol–water partition coefficient (Wildman–Crippen LogP) is 2.65. The van der Waals surface area contributed by atoms with Gasteiger partial charge >= 0.3 is 0 Å². The monoisotopic (exact) mass is 242 g/mol. The molecule has 0 saturated carbocycles. The van der Waals surface area contributed by atoms with Gasteiger partial charge in [0.05, 0.1) is 12.4 Å². The van der Waals surface area contributed by atoms with Gasteiger partial charge in [0, 0.05) is 0 Å². The van der Waals surface area contributed by atoms with Gasteiger partial charge in [-0.1, -0.05) is 17.7 Å². The van der Waals surface area contributed by atoms with Crippen molar-refractivity contribution in [2.75, 3.05) is 6.26 Å². The molecule has 4 heteroatoms. The Morgan fingerprint density at radius 2 is 1.56 bits per heavy atom. The number of benzene rings is 1. The molecule has 1 aromatic carbocycles. The van der Waals surface area contributed by atoms with Gasteiger partial charge in [0.25, 0.3) is 10.1 Å². The molecule has 1 unspecified atom stereocenters. The number of hydrogen-bond acceptors (Lipinski definition) is 3. The molecule has 0 saturated heterocycles. The van der Waals surface area contributed by atoms with Gasteiger partial charge in [0.15, 0.2) is 0 Å². The summed E-state index contributed by atoms with van der Waals surface area (Å²) < 4.78 is 27.2. The van der Waals surface area contributed by atoms with Crippen molar-refractivity contribution in [1.29, 1.82) is 0 Å². The Balaban J connectivity index is 3.14. The fourth-order valence-corrected chi connectivity index (χ4v) is 2.76. The first-order valence-electron chi connectivity index (χ1n) is 5.16. The molecular weight excluding hydrogens is 224 g/mol. The highest BCUT2D eigenvalue weighted by molar-refractivity contribution is 7.86. The molecule has 1 atom stereocenters. The van der Waals surface area contributed by atoms with Gasteiger partial charge in [-0.3, -0.25) is 4.18 Å². The minimum absolute atomic E-state index is 0.435. The molecule has 0 aliphatic rings. The fraction of sp³-hybridized carbons (Fsp3) is 0.500. The zero-order valence-corrected chi connectivity index (χ0v) is 11.2. The van der Waals surface area contributed by atoms with E-state index < -0.39 is 16.2 Å². The molecule has 0 aliphatic heterocycles. The summed E-state index contributed by atoms with van der Waals surface area (Å²) in [6.07, 6.45) is 0.637. The smallest absolute Gasteiger partial charge is 0.262 e. The molecule has 0 aliphatic carbocycles. The molecule has 3 nitrogen and oxygen atoms in total. The molecule has 0 amide bonds. The van der Waals surface area contributed by atoms with Crippen molar-refractivity contribution < 1.29 is 12.6 Å². The lowest BCUT2D eigenvalue weighted by Crippen LogP contribution is -2.10. The maximum atomic E-state index is 11.1. The summed E-state index contributed by atoms with van der Waals surface area (Å²) in [5.74, 6) is 0. The average molecular weight is 242 g/mol. The highest BCUT2D eigenvalue weighted by Crippen LogP contribution is 2.26. The summed E-state index contributed by atoms with van der Waals surface area (Å²) >= 11 is 0. The second-order valence-corrected chi connectivity index (χ2v) is 5.86. The van der Waals surface area contributed by atoms with Crippen molar-refractivity contribution in [2.45, 2.75) is 33.8 Å². The second kappa shape index (κ2) is 4.55. The summed E-state index contributed by atoms with van der Waals surface area (Å²) in [4.78, 5) is 0. The Morgan fingerprint density at radius 1 is 1.12 bits per heavy atom. The Hall–Kier alpha value is -0.870. The first kappa shape index (κ1) is 13.2. The minimum Gasteiger partial charge on any atom is -0.262 e. The average Bonchev–Trinajstić information content (AvgIpc) is 1.96. The third-order valence-electron chi connectivity index (χ3n) is 2.46. The van der Waals surface area contributed by atoms with E-state index in [2.05, 4.69) is 0 Å². The maximum absolute atomic E-state index is 11.1. The molecule has 90 valence electrons. The van der Waals surface area contributed by atoms with Crippen LogP contribution in [0.1, 0.15) is 35.3 Å². The highest BCUT2D eigenvalue weighted by Gasteiger charge is 2.16. The first-order valence-corrected chi connectivity index (χ1v) is 6.98.